The number of aromatic nitrogens is 6. The molecule has 23 heavy (non-hydrogen) atoms. The molecule has 1 atom stereocenters. The van der Waals surface area contributed by atoms with Gasteiger partial charge in [-0.3, -0.25) is 4.68 Å². The molecular weight excluding hydrogens is 296 g/mol. The summed E-state index contributed by atoms with van der Waals surface area (Å²) < 4.78 is 10.8. The van der Waals surface area contributed by atoms with Gasteiger partial charge in [0.25, 0.3) is 0 Å². The molecule has 0 aliphatic carbocycles. The largest absolute Gasteiger partial charge is 0.456 e. The number of carbonyl (C=O) groups is 1. The minimum absolute atomic E-state index is 0.267. The molecule has 0 N–H and O–H groups in total. The van der Waals surface area contributed by atoms with Crippen LogP contribution in [-0.2, 0) is 18.3 Å². The smallest absolute Gasteiger partial charge is 0.358 e. The molecule has 0 aromatic carbocycles. The van der Waals surface area contributed by atoms with E-state index in [-0.39, 0.29) is 11.8 Å². The second kappa shape index (κ2) is 6.07. The lowest BCUT2D eigenvalue weighted by Crippen LogP contribution is -2.21. The maximum Gasteiger partial charge on any atom is 0.358 e. The third-order valence-corrected chi connectivity index (χ3v) is 3.47. The van der Waals surface area contributed by atoms with Gasteiger partial charge in [0.1, 0.15) is 18.3 Å². The predicted octanol–water partition coefficient (Wildman–Crippen LogP) is 1.36. The van der Waals surface area contributed by atoms with Crippen molar-refractivity contribution >= 4 is 5.97 Å². The fraction of sp³-hybridized carbons (Fsp3) is 0.333. The quantitative estimate of drug-likeness (QED) is 0.664. The number of carbonyl (C=O) groups excluding carboxylic acids is 1. The number of hydrogen-bond donors (Lipinski definition) is 0. The van der Waals surface area contributed by atoms with Gasteiger partial charge in [-0.1, -0.05) is 0 Å². The Morgan fingerprint density at radius 2 is 2.17 bits per heavy atom. The second-order valence-electron chi connectivity index (χ2n) is 5.38. The maximum atomic E-state index is 12.2. The van der Waals surface area contributed by atoms with Crippen LogP contribution in [0.15, 0.2) is 37.3 Å². The van der Waals surface area contributed by atoms with Gasteiger partial charge in [-0.05, 0) is 13.8 Å². The van der Waals surface area contributed by atoms with Crippen molar-refractivity contribution in [2.75, 3.05) is 0 Å². The number of aryl methyl sites for hydroxylation is 2. The van der Waals surface area contributed by atoms with Crippen molar-refractivity contribution < 1.29 is 9.53 Å². The fourth-order valence-corrected chi connectivity index (χ4v) is 2.27. The topological polar surface area (TPSA) is 79.8 Å². The summed E-state index contributed by atoms with van der Waals surface area (Å²) in [6.07, 6.45) is 10.0. The van der Waals surface area contributed by atoms with Crippen LogP contribution in [0.4, 0.5) is 0 Å². The molecule has 0 amide bonds. The number of imidazole rings is 2. The van der Waals surface area contributed by atoms with Gasteiger partial charge in [0.2, 0.25) is 0 Å². The molecule has 120 valence electrons. The Morgan fingerprint density at radius 3 is 2.83 bits per heavy atom. The molecule has 0 aliphatic heterocycles. The number of hydrogen-bond acceptors (Lipinski definition) is 5. The molecule has 1 unspecified atom stereocenters. The van der Waals surface area contributed by atoms with E-state index in [2.05, 4.69) is 15.1 Å². The van der Waals surface area contributed by atoms with E-state index in [1.54, 1.807) is 34.2 Å². The highest BCUT2D eigenvalue weighted by Crippen LogP contribution is 2.09. The summed E-state index contributed by atoms with van der Waals surface area (Å²) in [5.41, 5.74) is 1.10. The molecule has 8 nitrogen and oxygen atoms in total. The van der Waals surface area contributed by atoms with E-state index in [1.807, 2.05) is 37.9 Å². The Labute approximate surface area is 133 Å². The van der Waals surface area contributed by atoms with Crippen LogP contribution in [0.25, 0.3) is 5.69 Å². The lowest BCUT2D eigenvalue weighted by molar-refractivity contribution is 0.0298. The van der Waals surface area contributed by atoms with Gasteiger partial charge in [-0.2, -0.15) is 5.10 Å². The third kappa shape index (κ3) is 3.31. The predicted molar refractivity (Wildman–Crippen MR) is 82.2 cm³/mol. The van der Waals surface area contributed by atoms with Crippen LogP contribution in [0.1, 0.15) is 23.2 Å². The van der Waals surface area contributed by atoms with Gasteiger partial charge in [0, 0.05) is 31.8 Å². The second-order valence-corrected chi connectivity index (χ2v) is 5.38. The third-order valence-electron chi connectivity index (χ3n) is 3.47. The van der Waals surface area contributed by atoms with E-state index < -0.39 is 5.97 Å². The van der Waals surface area contributed by atoms with Gasteiger partial charge in [0.15, 0.2) is 5.69 Å². The zero-order valence-electron chi connectivity index (χ0n) is 13.2. The summed E-state index contributed by atoms with van der Waals surface area (Å²) in [7, 11) is 1.83. The summed E-state index contributed by atoms with van der Waals surface area (Å²) in [6, 6.07) is 0. The molecule has 0 spiro atoms. The number of ether oxygens (including phenoxy) is 1. The van der Waals surface area contributed by atoms with Crippen LogP contribution >= 0.6 is 0 Å². The minimum Gasteiger partial charge on any atom is -0.456 e. The van der Waals surface area contributed by atoms with E-state index >= 15 is 0 Å². The monoisotopic (exact) mass is 314 g/mol. The molecule has 0 fully saturated rings. The average molecular weight is 314 g/mol. The average Bonchev–Trinajstić information content (AvgIpc) is 3.21. The van der Waals surface area contributed by atoms with Crippen molar-refractivity contribution in [1.82, 2.24) is 28.9 Å². The molecule has 3 aromatic rings. The number of esters is 1. The Bertz CT molecular complexity index is 815. The first-order chi connectivity index (χ1) is 11.0. The van der Waals surface area contributed by atoms with Crippen LogP contribution < -0.4 is 0 Å². The normalized spacial score (nSPS) is 12.3. The van der Waals surface area contributed by atoms with Crippen LogP contribution in [0.2, 0.25) is 0 Å². The molecule has 0 aliphatic rings. The molecular formula is C15H18N6O2. The summed E-state index contributed by atoms with van der Waals surface area (Å²) in [5.74, 6) is 0.437. The lowest BCUT2D eigenvalue weighted by atomic mass is 10.4. The molecule has 0 bridgehead atoms. The van der Waals surface area contributed by atoms with E-state index in [0.717, 1.165) is 11.5 Å². The van der Waals surface area contributed by atoms with E-state index in [0.29, 0.717) is 6.54 Å². The Kier molecular flexibility index (Phi) is 3.96. The van der Waals surface area contributed by atoms with Crippen molar-refractivity contribution in [1.29, 1.82) is 0 Å². The van der Waals surface area contributed by atoms with Crippen LogP contribution in [-0.4, -0.2) is 41.0 Å². The highest BCUT2D eigenvalue weighted by Gasteiger charge is 2.16. The fourth-order valence-electron chi connectivity index (χ4n) is 2.27. The van der Waals surface area contributed by atoms with E-state index in [1.165, 1.54) is 0 Å². The summed E-state index contributed by atoms with van der Waals surface area (Å²) in [4.78, 5) is 20.4. The molecule has 0 radical (unpaired) electrons. The van der Waals surface area contributed by atoms with Gasteiger partial charge in [0.05, 0.1) is 18.4 Å². The summed E-state index contributed by atoms with van der Waals surface area (Å²) in [6.45, 7) is 4.31. The van der Waals surface area contributed by atoms with Crippen molar-refractivity contribution in [3.63, 3.8) is 0 Å². The van der Waals surface area contributed by atoms with Gasteiger partial charge in [-0.15, -0.1) is 0 Å². The molecule has 0 saturated carbocycles. The zero-order chi connectivity index (χ0) is 16.4. The minimum atomic E-state index is -0.446. The highest BCUT2D eigenvalue weighted by atomic mass is 16.5. The summed E-state index contributed by atoms with van der Waals surface area (Å²) in [5, 5.41) is 4.09. The zero-order valence-corrected chi connectivity index (χ0v) is 13.2. The van der Waals surface area contributed by atoms with Gasteiger partial charge >= 0.3 is 5.97 Å². The van der Waals surface area contributed by atoms with Crippen LogP contribution in [0.5, 0.6) is 0 Å². The first-order valence-corrected chi connectivity index (χ1v) is 7.24. The SMILES string of the molecule is Cc1nccn1CC(C)OC(=O)c1cn(-c2cnn(C)c2)cn1. The summed E-state index contributed by atoms with van der Waals surface area (Å²) >= 11 is 0. The lowest BCUT2D eigenvalue weighted by Gasteiger charge is -2.13. The molecule has 3 heterocycles. The Hall–Kier alpha value is -2.90. The number of nitrogens with zero attached hydrogens (tertiary/aromatic N) is 6. The molecule has 3 rings (SSSR count). The standard InChI is InChI=1S/C15H18N6O2/c1-11(7-20-5-4-16-12(20)2)23-15(22)14-9-21(10-17-14)13-6-18-19(3)8-13/h4-6,8-11H,7H2,1-3H3. The van der Waals surface area contributed by atoms with Gasteiger partial charge in [-0.25, -0.2) is 14.8 Å². The van der Waals surface area contributed by atoms with Gasteiger partial charge < -0.3 is 13.9 Å². The van der Waals surface area contributed by atoms with Crippen LogP contribution in [0, 0.1) is 6.92 Å². The Balaban J connectivity index is 1.64. The maximum absolute atomic E-state index is 12.2. The van der Waals surface area contributed by atoms with E-state index in [4.69, 9.17) is 4.74 Å². The Morgan fingerprint density at radius 1 is 1.35 bits per heavy atom. The van der Waals surface area contributed by atoms with Crippen LogP contribution in [0.3, 0.4) is 0 Å². The number of rotatable bonds is 5. The first kappa shape index (κ1) is 15.0. The molecule has 8 heteroatoms. The van der Waals surface area contributed by atoms with Crippen molar-refractivity contribution in [2.45, 2.75) is 26.5 Å². The van der Waals surface area contributed by atoms with E-state index in [9.17, 15) is 4.79 Å². The molecule has 3 aromatic heterocycles. The first-order valence-electron chi connectivity index (χ1n) is 7.24. The van der Waals surface area contributed by atoms with Crippen molar-refractivity contribution in [2.24, 2.45) is 7.05 Å². The van der Waals surface area contributed by atoms with Crippen molar-refractivity contribution in [3.05, 3.63) is 48.8 Å². The molecule has 0 saturated heterocycles. The highest BCUT2D eigenvalue weighted by molar-refractivity contribution is 5.87. The van der Waals surface area contributed by atoms with Crippen molar-refractivity contribution in [3.8, 4) is 5.69 Å².